The van der Waals surface area contributed by atoms with Crippen LogP contribution in [0.15, 0.2) is 60.7 Å². The topological polar surface area (TPSA) is 87.7 Å². The van der Waals surface area contributed by atoms with Crippen molar-refractivity contribution in [1.82, 2.24) is 4.90 Å². The molecule has 2 unspecified atom stereocenters. The summed E-state index contributed by atoms with van der Waals surface area (Å²) in [5, 5.41) is 5.63. The van der Waals surface area contributed by atoms with E-state index in [1.165, 1.54) is 26.2 Å². The summed E-state index contributed by atoms with van der Waals surface area (Å²) >= 11 is 0. The first-order valence-electron chi connectivity index (χ1n) is 13.3. The van der Waals surface area contributed by atoms with Crippen LogP contribution in [0.25, 0.3) is 0 Å². The third-order valence-electron chi connectivity index (χ3n) is 7.69. The normalized spacial score (nSPS) is 18.6. The molecule has 1 saturated heterocycles. The van der Waals surface area contributed by atoms with Crippen molar-refractivity contribution in [1.29, 1.82) is 0 Å². The molecule has 9 heteroatoms. The number of methoxy groups -OCH3 is 1. The van der Waals surface area contributed by atoms with Gasteiger partial charge in [-0.25, -0.2) is 8.78 Å². The van der Waals surface area contributed by atoms with Crippen LogP contribution in [0.2, 0.25) is 0 Å². The highest BCUT2D eigenvalue weighted by Crippen LogP contribution is 2.48. The lowest BCUT2D eigenvalue weighted by Gasteiger charge is -2.32. The average Bonchev–Trinajstić information content (AvgIpc) is 3.76. The molecule has 208 valence electrons. The number of carbonyl (C=O) groups is 3. The third-order valence-corrected chi connectivity index (χ3v) is 7.69. The van der Waals surface area contributed by atoms with Gasteiger partial charge in [0.05, 0.1) is 12.8 Å². The average molecular weight is 548 g/mol. The van der Waals surface area contributed by atoms with Crippen LogP contribution < -0.4 is 15.4 Å². The number of benzene rings is 3. The maximum Gasteiger partial charge on any atom is 0.253 e. The summed E-state index contributed by atoms with van der Waals surface area (Å²) in [6, 6.07) is 16.6. The molecule has 3 amide bonds. The summed E-state index contributed by atoms with van der Waals surface area (Å²) < 4.78 is 32.0. The van der Waals surface area contributed by atoms with Gasteiger partial charge in [0.25, 0.3) is 5.91 Å². The van der Waals surface area contributed by atoms with E-state index >= 15 is 0 Å². The number of hydrogen-bond donors (Lipinski definition) is 2. The van der Waals surface area contributed by atoms with Crippen molar-refractivity contribution < 1.29 is 27.9 Å². The summed E-state index contributed by atoms with van der Waals surface area (Å²) in [7, 11) is 1.51. The van der Waals surface area contributed by atoms with Gasteiger partial charge in [-0.2, -0.15) is 0 Å². The second-order valence-corrected chi connectivity index (χ2v) is 10.4. The van der Waals surface area contributed by atoms with Crippen LogP contribution in [0.1, 0.15) is 59.5 Å². The molecule has 7 nitrogen and oxygen atoms in total. The van der Waals surface area contributed by atoms with Gasteiger partial charge in [0.15, 0.2) is 11.6 Å². The number of ether oxygens (including phenoxy) is 1. The molecule has 1 aliphatic carbocycles. The number of nitrogens with zero attached hydrogens (tertiary/aromatic N) is 1. The molecule has 5 rings (SSSR count). The molecule has 1 saturated carbocycles. The van der Waals surface area contributed by atoms with E-state index in [2.05, 4.69) is 10.6 Å². The standard InChI is InChI=1S/C31H31F2N3O4/c1-18(37)34-28-16-22(6-10-29(28)40-2)31(39)36-13-11-20(12-14-36)19-3-7-23(8-4-19)35-30(38)25-17-24(25)21-5-9-26(32)27(33)15-21/h3-10,15-16,20,24-25H,11-14,17H2,1-2H3,(H,34,37)(H,35,38). The molecule has 2 aliphatic rings. The fraction of sp³-hybridized carbons (Fsp3) is 0.323. The van der Waals surface area contributed by atoms with Gasteiger partial charge in [-0.05, 0) is 84.7 Å². The maximum absolute atomic E-state index is 13.5. The summed E-state index contributed by atoms with van der Waals surface area (Å²) in [6.45, 7) is 2.62. The van der Waals surface area contributed by atoms with Crippen LogP contribution in [-0.2, 0) is 9.59 Å². The Morgan fingerprint density at radius 2 is 1.57 bits per heavy atom. The number of halogens is 2. The smallest absolute Gasteiger partial charge is 0.253 e. The quantitative estimate of drug-likeness (QED) is 0.398. The van der Waals surface area contributed by atoms with E-state index in [0.717, 1.165) is 24.5 Å². The number of nitrogens with one attached hydrogen (secondary N) is 2. The minimum Gasteiger partial charge on any atom is -0.495 e. The molecular formula is C31H31F2N3O4. The van der Waals surface area contributed by atoms with Gasteiger partial charge in [0.1, 0.15) is 5.75 Å². The Morgan fingerprint density at radius 3 is 2.23 bits per heavy atom. The van der Waals surface area contributed by atoms with E-state index < -0.39 is 11.6 Å². The Kier molecular flexibility index (Phi) is 7.82. The van der Waals surface area contributed by atoms with Crippen LogP contribution >= 0.6 is 0 Å². The Bertz CT molecular complexity index is 1430. The van der Waals surface area contributed by atoms with Crippen LogP contribution in [0.5, 0.6) is 5.75 Å². The summed E-state index contributed by atoms with van der Waals surface area (Å²) in [6.07, 6.45) is 2.23. The van der Waals surface area contributed by atoms with Crippen molar-refractivity contribution in [3.8, 4) is 5.75 Å². The summed E-state index contributed by atoms with van der Waals surface area (Å²) in [5.74, 6) is -1.83. The van der Waals surface area contributed by atoms with Crippen LogP contribution in [0, 0.1) is 17.6 Å². The molecule has 0 spiro atoms. The molecule has 40 heavy (non-hydrogen) atoms. The zero-order valence-electron chi connectivity index (χ0n) is 22.4. The first-order valence-corrected chi connectivity index (χ1v) is 13.3. The lowest BCUT2D eigenvalue weighted by molar-refractivity contribution is -0.117. The predicted molar refractivity (Wildman–Crippen MR) is 147 cm³/mol. The van der Waals surface area contributed by atoms with E-state index in [1.807, 2.05) is 29.2 Å². The van der Waals surface area contributed by atoms with E-state index in [0.29, 0.717) is 53.7 Å². The number of anilines is 2. The highest BCUT2D eigenvalue weighted by Gasteiger charge is 2.44. The van der Waals surface area contributed by atoms with Crippen molar-refractivity contribution in [3.63, 3.8) is 0 Å². The molecular weight excluding hydrogens is 516 g/mol. The Labute approximate surface area is 231 Å². The lowest BCUT2D eigenvalue weighted by atomic mass is 9.89. The number of hydrogen-bond acceptors (Lipinski definition) is 4. The van der Waals surface area contributed by atoms with E-state index in [9.17, 15) is 23.2 Å². The SMILES string of the molecule is COc1ccc(C(=O)N2CCC(c3ccc(NC(=O)C4CC4c4ccc(F)c(F)c4)cc3)CC2)cc1NC(C)=O. The molecule has 2 atom stereocenters. The highest BCUT2D eigenvalue weighted by atomic mass is 19.2. The molecule has 0 aromatic heterocycles. The number of likely N-dealkylation sites (tertiary alicyclic amines) is 1. The van der Waals surface area contributed by atoms with E-state index in [4.69, 9.17) is 4.74 Å². The molecule has 1 aliphatic heterocycles. The zero-order valence-corrected chi connectivity index (χ0v) is 22.4. The summed E-state index contributed by atoms with van der Waals surface area (Å²) in [4.78, 5) is 39.2. The van der Waals surface area contributed by atoms with E-state index in [1.54, 1.807) is 18.2 Å². The first kappa shape index (κ1) is 27.3. The maximum atomic E-state index is 13.5. The third kappa shape index (κ3) is 5.98. The van der Waals surface area contributed by atoms with Crippen LogP contribution in [0.4, 0.5) is 20.2 Å². The first-order chi connectivity index (χ1) is 19.2. The fourth-order valence-corrected chi connectivity index (χ4v) is 5.40. The van der Waals surface area contributed by atoms with Crippen LogP contribution in [0.3, 0.4) is 0 Å². The van der Waals surface area contributed by atoms with Gasteiger partial charge in [-0.1, -0.05) is 18.2 Å². The van der Waals surface area contributed by atoms with Gasteiger partial charge < -0.3 is 20.3 Å². The molecule has 0 bridgehead atoms. The monoisotopic (exact) mass is 547 g/mol. The van der Waals surface area contributed by atoms with Gasteiger partial charge in [0, 0.05) is 37.2 Å². The zero-order chi connectivity index (χ0) is 28.4. The molecule has 2 N–H and O–H groups in total. The lowest BCUT2D eigenvalue weighted by Crippen LogP contribution is -2.38. The Morgan fingerprint density at radius 1 is 0.875 bits per heavy atom. The van der Waals surface area contributed by atoms with Crippen molar-refractivity contribution >= 4 is 29.1 Å². The van der Waals surface area contributed by atoms with Gasteiger partial charge in [-0.15, -0.1) is 0 Å². The molecule has 3 aromatic rings. The van der Waals surface area contributed by atoms with Crippen molar-refractivity contribution in [2.75, 3.05) is 30.8 Å². The Balaban J connectivity index is 1.14. The number of piperidine rings is 1. The molecule has 2 fully saturated rings. The Hall–Kier alpha value is -4.27. The van der Waals surface area contributed by atoms with Crippen molar-refractivity contribution in [3.05, 3.63) is 89.0 Å². The van der Waals surface area contributed by atoms with E-state index in [-0.39, 0.29) is 29.6 Å². The highest BCUT2D eigenvalue weighted by molar-refractivity contribution is 5.98. The van der Waals surface area contributed by atoms with Crippen LogP contribution in [-0.4, -0.2) is 42.8 Å². The largest absolute Gasteiger partial charge is 0.495 e. The minimum absolute atomic E-state index is 0.0903. The van der Waals surface area contributed by atoms with Gasteiger partial charge in [0.2, 0.25) is 11.8 Å². The van der Waals surface area contributed by atoms with Gasteiger partial charge in [-0.3, -0.25) is 14.4 Å². The summed E-state index contributed by atoms with van der Waals surface area (Å²) in [5.41, 5.74) is 3.43. The molecule has 3 aromatic carbocycles. The number of rotatable bonds is 7. The molecule has 1 heterocycles. The second-order valence-electron chi connectivity index (χ2n) is 10.4. The van der Waals surface area contributed by atoms with Gasteiger partial charge >= 0.3 is 0 Å². The number of carbonyl (C=O) groups excluding carboxylic acids is 3. The fourth-order valence-electron chi connectivity index (χ4n) is 5.40. The number of amides is 3. The second kappa shape index (κ2) is 11.5. The predicted octanol–water partition coefficient (Wildman–Crippen LogP) is 5.69. The van der Waals surface area contributed by atoms with Crippen molar-refractivity contribution in [2.45, 2.75) is 38.0 Å². The molecule has 0 radical (unpaired) electrons. The van der Waals surface area contributed by atoms with Crippen molar-refractivity contribution in [2.24, 2.45) is 5.92 Å². The minimum atomic E-state index is -0.897.